The van der Waals surface area contributed by atoms with E-state index in [1.165, 1.54) is 24.3 Å². The fourth-order valence-corrected chi connectivity index (χ4v) is 1.62. The molecule has 2 rings (SSSR count). The van der Waals surface area contributed by atoms with Gasteiger partial charge in [-0.15, -0.1) is 0 Å². The topological polar surface area (TPSA) is 44.5 Å². The van der Waals surface area contributed by atoms with Gasteiger partial charge in [-0.25, -0.2) is 0 Å². The van der Waals surface area contributed by atoms with Gasteiger partial charge in [0.15, 0.2) is 0 Å². The number of benzene rings is 2. The normalized spacial score (nSPS) is 12.8. The van der Waals surface area contributed by atoms with Crippen molar-refractivity contribution in [3.63, 3.8) is 0 Å². The molecule has 0 bridgehead atoms. The van der Waals surface area contributed by atoms with Crippen molar-refractivity contribution >= 4 is 0 Å². The van der Waals surface area contributed by atoms with Gasteiger partial charge in [0, 0.05) is 6.54 Å². The molecular weight excluding hydrogens is 283 g/mol. The Balaban J connectivity index is 2.02. The molecule has 2 aromatic rings. The lowest BCUT2D eigenvalue weighted by Gasteiger charge is -2.20. The maximum Gasteiger partial charge on any atom is 0.426 e. The van der Waals surface area contributed by atoms with Gasteiger partial charge in [0.1, 0.15) is 17.2 Å². The molecule has 112 valence electrons. The number of hydrogen-bond acceptors (Lipinski definition) is 3. The number of nitrogens with two attached hydrogens (primary N) is 1. The van der Waals surface area contributed by atoms with Crippen molar-refractivity contribution in [2.24, 2.45) is 5.73 Å². The zero-order valence-corrected chi connectivity index (χ0v) is 11.0. The summed E-state index contributed by atoms with van der Waals surface area (Å²) in [6.07, 6.45) is -6.51. The molecule has 0 amide bonds. The third-order valence-electron chi connectivity index (χ3n) is 2.66. The summed E-state index contributed by atoms with van der Waals surface area (Å²) < 4.78 is 48.0. The first kappa shape index (κ1) is 15.2. The number of hydrogen-bond donors (Lipinski definition) is 1. The standard InChI is InChI=1S/C15H14F3NO2/c16-15(17,18)14(10-19)21-13-8-6-12(7-9-13)20-11-4-2-1-3-5-11/h1-9,14H,10,19H2. The lowest BCUT2D eigenvalue weighted by molar-refractivity contribution is -0.191. The zero-order valence-electron chi connectivity index (χ0n) is 11.0. The van der Waals surface area contributed by atoms with Crippen LogP contribution in [0.25, 0.3) is 0 Å². The van der Waals surface area contributed by atoms with E-state index in [2.05, 4.69) is 0 Å². The van der Waals surface area contributed by atoms with Crippen LogP contribution in [0.3, 0.4) is 0 Å². The second kappa shape index (κ2) is 6.49. The van der Waals surface area contributed by atoms with Crippen LogP contribution in [0.2, 0.25) is 0 Å². The Hall–Kier alpha value is -2.21. The summed E-state index contributed by atoms with van der Waals surface area (Å²) in [5.74, 6) is 1.23. The van der Waals surface area contributed by atoms with Crippen LogP contribution in [-0.4, -0.2) is 18.8 Å². The first-order valence-electron chi connectivity index (χ1n) is 6.25. The quantitative estimate of drug-likeness (QED) is 0.914. The predicted octanol–water partition coefficient (Wildman–Crippen LogP) is 3.75. The fourth-order valence-electron chi connectivity index (χ4n) is 1.62. The Morgan fingerprint density at radius 3 is 1.90 bits per heavy atom. The van der Waals surface area contributed by atoms with Crippen molar-refractivity contribution in [1.29, 1.82) is 0 Å². The van der Waals surface area contributed by atoms with E-state index < -0.39 is 18.8 Å². The molecule has 0 aliphatic heterocycles. The number of halogens is 3. The van der Waals surface area contributed by atoms with E-state index in [9.17, 15) is 13.2 Å². The first-order chi connectivity index (χ1) is 9.99. The average molecular weight is 297 g/mol. The molecule has 2 N–H and O–H groups in total. The van der Waals surface area contributed by atoms with Crippen LogP contribution < -0.4 is 15.2 Å². The molecule has 0 radical (unpaired) electrons. The summed E-state index contributed by atoms with van der Waals surface area (Å²) in [5.41, 5.74) is 5.07. The number of alkyl halides is 3. The van der Waals surface area contributed by atoms with Crippen LogP contribution in [-0.2, 0) is 0 Å². The molecule has 0 aliphatic rings. The Morgan fingerprint density at radius 2 is 1.38 bits per heavy atom. The van der Waals surface area contributed by atoms with Crippen LogP contribution in [0.1, 0.15) is 0 Å². The molecule has 6 heteroatoms. The van der Waals surface area contributed by atoms with E-state index >= 15 is 0 Å². The number of para-hydroxylation sites is 1. The number of ether oxygens (including phenoxy) is 2. The molecule has 2 aromatic carbocycles. The molecule has 0 heterocycles. The van der Waals surface area contributed by atoms with Crippen LogP contribution in [0.5, 0.6) is 17.2 Å². The van der Waals surface area contributed by atoms with Crippen LogP contribution >= 0.6 is 0 Å². The highest BCUT2D eigenvalue weighted by Gasteiger charge is 2.40. The average Bonchev–Trinajstić information content (AvgIpc) is 2.46. The summed E-state index contributed by atoms with van der Waals surface area (Å²) in [4.78, 5) is 0. The molecule has 0 saturated carbocycles. The van der Waals surface area contributed by atoms with Crippen LogP contribution in [0.4, 0.5) is 13.2 Å². The number of rotatable bonds is 5. The van der Waals surface area contributed by atoms with Gasteiger partial charge >= 0.3 is 6.18 Å². The van der Waals surface area contributed by atoms with Gasteiger partial charge in [0.2, 0.25) is 6.10 Å². The Bertz CT molecular complexity index is 555. The van der Waals surface area contributed by atoms with E-state index in [1.807, 2.05) is 18.2 Å². The van der Waals surface area contributed by atoms with E-state index in [4.69, 9.17) is 15.2 Å². The smallest absolute Gasteiger partial charge is 0.426 e. The van der Waals surface area contributed by atoms with E-state index in [-0.39, 0.29) is 5.75 Å². The van der Waals surface area contributed by atoms with Crippen molar-refractivity contribution in [2.45, 2.75) is 12.3 Å². The SMILES string of the molecule is NCC(Oc1ccc(Oc2ccccc2)cc1)C(F)(F)F. The summed E-state index contributed by atoms with van der Waals surface area (Å²) in [7, 11) is 0. The molecule has 0 fully saturated rings. The molecule has 21 heavy (non-hydrogen) atoms. The molecule has 0 aromatic heterocycles. The lowest BCUT2D eigenvalue weighted by Crippen LogP contribution is -2.40. The van der Waals surface area contributed by atoms with Crippen LogP contribution in [0, 0.1) is 0 Å². The van der Waals surface area contributed by atoms with Crippen LogP contribution in [0.15, 0.2) is 54.6 Å². The van der Waals surface area contributed by atoms with Crippen molar-refractivity contribution in [2.75, 3.05) is 6.54 Å². The second-order valence-electron chi connectivity index (χ2n) is 4.27. The summed E-state index contributed by atoms with van der Waals surface area (Å²) in [6.45, 7) is -0.633. The van der Waals surface area contributed by atoms with Crippen molar-refractivity contribution in [3.05, 3.63) is 54.6 Å². The highest BCUT2D eigenvalue weighted by atomic mass is 19.4. The maximum absolute atomic E-state index is 12.5. The van der Waals surface area contributed by atoms with Gasteiger partial charge in [-0.3, -0.25) is 0 Å². The van der Waals surface area contributed by atoms with Gasteiger partial charge in [0.25, 0.3) is 0 Å². The van der Waals surface area contributed by atoms with E-state index in [0.717, 1.165) is 0 Å². The molecule has 1 atom stereocenters. The monoisotopic (exact) mass is 297 g/mol. The van der Waals surface area contributed by atoms with Crippen molar-refractivity contribution in [1.82, 2.24) is 0 Å². The van der Waals surface area contributed by atoms with Gasteiger partial charge in [0.05, 0.1) is 0 Å². The summed E-state index contributed by atoms with van der Waals surface area (Å²) in [5, 5.41) is 0. The lowest BCUT2D eigenvalue weighted by atomic mass is 10.3. The van der Waals surface area contributed by atoms with E-state index in [1.54, 1.807) is 12.1 Å². The minimum absolute atomic E-state index is 0.0863. The largest absolute Gasteiger partial charge is 0.480 e. The van der Waals surface area contributed by atoms with E-state index in [0.29, 0.717) is 11.5 Å². The van der Waals surface area contributed by atoms with Crippen molar-refractivity contribution < 1.29 is 22.6 Å². The van der Waals surface area contributed by atoms with Gasteiger partial charge in [-0.2, -0.15) is 13.2 Å². The van der Waals surface area contributed by atoms with Gasteiger partial charge < -0.3 is 15.2 Å². The molecule has 0 aliphatic carbocycles. The Morgan fingerprint density at radius 1 is 0.857 bits per heavy atom. The predicted molar refractivity (Wildman–Crippen MR) is 72.5 cm³/mol. The fraction of sp³-hybridized carbons (Fsp3) is 0.200. The minimum atomic E-state index is -4.49. The summed E-state index contributed by atoms with van der Waals surface area (Å²) in [6, 6.07) is 14.9. The Kier molecular flexibility index (Phi) is 4.70. The third-order valence-corrected chi connectivity index (χ3v) is 2.66. The second-order valence-corrected chi connectivity index (χ2v) is 4.27. The minimum Gasteiger partial charge on any atom is -0.480 e. The maximum atomic E-state index is 12.5. The molecule has 0 saturated heterocycles. The zero-order chi connectivity index (χ0) is 15.3. The third kappa shape index (κ3) is 4.39. The van der Waals surface area contributed by atoms with Gasteiger partial charge in [-0.1, -0.05) is 18.2 Å². The molecule has 0 spiro atoms. The first-order valence-corrected chi connectivity index (χ1v) is 6.25. The highest BCUT2D eigenvalue weighted by Crippen LogP contribution is 2.27. The van der Waals surface area contributed by atoms with Gasteiger partial charge in [-0.05, 0) is 36.4 Å². The van der Waals surface area contributed by atoms with Crippen molar-refractivity contribution in [3.8, 4) is 17.2 Å². The summed E-state index contributed by atoms with van der Waals surface area (Å²) >= 11 is 0. The molecular formula is C15H14F3NO2. The highest BCUT2D eigenvalue weighted by molar-refractivity contribution is 5.35. The Labute approximate surface area is 120 Å². The molecule has 3 nitrogen and oxygen atoms in total. The molecule has 1 unspecified atom stereocenters.